The Hall–Kier alpha value is -2.38. The summed E-state index contributed by atoms with van der Waals surface area (Å²) in [6, 6.07) is 12.0. The van der Waals surface area contributed by atoms with Crippen LogP contribution in [-0.4, -0.2) is 51.3 Å². The van der Waals surface area contributed by atoms with Crippen LogP contribution in [0.15, 0.2) is 30.3 Å². The van der Waals surface area contributed by atoms with Crippen molar-refractivity contribution in [3.8, 4) is 0 Å². The lowest BCUT2D eigenvalue weighted by atomic mass is 9.95. The Morgan fingerprint density at radius 2 is 1.89 bits per heavy atom. The number of benzene rings is 1. The number of fused-ring (bicyclic) bond motifs is 3. The van der Waals surface area contributed by atoms with Gasteiger partial charge in [0.25, 0.3) is 0 Å². The van der Waals surface area contributed by atoms with E-state index in [2.05, 4.69) is 39.2 Å². The molecule has 0 saturated carbocycles. The molecule has 7 heteroatoms. The average molecular weight is 480 g/mol. The molecule has 2 bridgehead atoms. The first kappa shape index (κ1) is 24.3. The van der Waals surface area contributed by atoms with Gasteiger partial charge in [-0.1, -0.05) is 30.3 Å². The molecular formula is C28H41N5O2. The van der Waals surface area contributed by atoms with Gasteiger partial charge in [0.2, 0.25) is 0 Å². The number of hydrogen-bond donors (Lipinski definition) is 2. The maximum Gasteiger partial charge on any atom is 0.408 e. The second-order valence-electron chi connectivity index (χ2n) is 11.5. The van der Waals surface area contributed by atoms with Crippen LogP contribution in [0.3, 0.4) is 0 Å². The van der Waals surface area contributed by atoms with Crippen molar-refractivity contribution in [1.29, 1.82) is 0 Å². The molecule has 35 heavy (non-hydrogen) atoms. The second-order valence-corrected chi connectivity index (χ2v) is 11.5. The highest BCUT2D eigenvalue weighted by molar-refractivity contribution is 5.68. The topological polar surface area (TPSA) is 71.4 Å². The van der Waals surface area contributed by atoms with E-state index in [0.29, 0.717) is 18.1 Å². The average Bonchev–Trinajstić information content (AvgIpc) is 3.26. The molecule has 7 nitrogen and oxygen atoms in total. The molecule has 2 unspecified atom stereocenters. The molecule has 0 radical (unpaired) electrons. The van der Waals surface area contributed by atoms with Crippen molar-refractivity contribution in [3.63, 3.8) is 0 Å². The third kappa shape index (κ3) is 5.41. The number of nitrogens with zero attached hydrogens (tertiary/aromatic N) is 3. The lowest BCUT2D eigenvalue weighted by molar-refractivity contribution is 0.0488. The van der Waals surface area contributed by atoms with Crippen molar-refractivity contribution in [2.45, 2.75) is 103 Å². The van der Waals surface area contributed by atoms with Crippen molar-refractivity contribution >= 4 is 6.09 Å². The second kappa shape index (κ2) is 9.94. The number of imidazole rings is 1. The van der Waals surface area contributed by atoms with Gasteiger partial charge < -0.3 is 19.9 Å². The number of hydrogen-bond acceptors (Lipinski definition) is 5. The Morgan fingerprint density at radius 1 is 1.17 bits per heavy atom. The predicted octanol–water partition coefficient (Wildman–Crippen LogP) is 4.66. The number of alkyl carbamates (subject to hydrolysis) is 1. The minimum absolute atomic E-state index is 0.0569. The van der Waals surface area contributed by atoms with Crippen molar-refractivity contribution in [2.75, 3.05) is 13.1 Å². The Morgan fingerprint density at radius 3 is 2.57 bits per heavy atom. The number of aromatic nitrogens is 2. The van der Waals surface area contributed by atoms with E-state index in [9.17, 15) is 4.79 Å². The maximum atomic E-state index is 12.6. The third-order valence-electron chi connectivity index (χ3n) is 7.89. The zero-order chi connectivity index (χ0) is 24.6. The van der Waals surface area contributed by atoms with Crippen LogP contribution in [-0.2, 0) is 17.7 Å². The molecule has 190 valence electrons. The van der Waals surface area contributed by atoms with Crippen molar-refractivity contribution in [2.24, 2.45) is 0 Å². The van der Waals surface area contributed by atoms with Crippen molar-refractivity contribution in [3.05, 3.63) is 53.1 Å². The van der Waals surface area contributed by atoms with Gasteiger partial charge in [-0.3, -0.25) is 4.90 Å². The molecule has 1 aromatic carbocycles. The molecule has 2 fully saturated rings. The van der Waals surface area contributed by atoms with E-state index in [1.54, 1.807) is 0 Å². The number of amides is 1. The number of carbonyl (C=O) groups excluding carboxylic acids is 1. The molecule has 3 atom stereocenters. The van der Waals surface area contributed by atoms with Crippen molar-refractivity contribution in [1.82, 2.24) is 25.1 Å². The van der Waals surface area contributed by atoms with Crippen LogP contribution in [0.2, 0.25) is 0 Å². The monoisotopic (exact) mass is 479 g/mol. The number of nitrogens with one attached hydrogen (secondary N) is 2. The van der Waals surface area contributed by atoms with Crippen LogP contribution in [0.5, 0.6) is 0 Å². The molecule has 0 aliphatic carbocycles. The molecule has 4 heterocycles. The molecule has 5 rings (SSSR count). The van der Waals surface area contributed by atoms with Gasteiger partial charge in [0.15, 0.2) is 0 Å². The fraction of sp³-hybridized carbons (Fsp3) is 0.643. The minimum atomic E-state index is -0.507. The summed E-state index contributed by atoms with van der Waals surface area (Å²) in [5, 5.41) is 6.61. The number of ether oxygens (including phenoxy) is 1. The van der Waals surface area contributed by atoms with Crippen molar-refractivity contribution < 1.29 is 9.53 Å². The summed E-state index contributed by atoms with van der Waals surface area (Å²) in [5.41, 5.74) is 3.34. The Bertz CT molecular complexity index is 1010. The third-order valence-corrected chi connectivity index (χ3v) is 7.89. The molecule has 2 aromatic rings. The maximum absolute atomic E-state index is 12.6. The molecule has 3 aliphatic rings. The fourth-order valence-electron chi connectivity index (χ4n) is 6.51. The lowest BCUT2D eigenvalue weighted by Gasteiger charge is -2.41. The highest BCUT2D eigenvalue weighted by atomic mass is 16.6. The van der Waals surface area contributed by atoms with Crippen LogP contribution < -0.4 is 10.6 Å². The van der Waals surface area contributed by atoms with Gasteiger partial charge in [-0.05, 0) is 65.4 Å². The number of carbonyl (C=O) groups is 1. The largest absolute Gasteiger partial charge is 0.444 e. The van der Waals surface area contributed by atoms with Crippen LogP contribution in [0.1, 0.15) is 87.7 Å². The normalized spacial score (nSPS) is 25.2. The Balaban J connectivity index is 1.26. The molecule has 2 saturated heterocycles. The first-order chi connectivity index (χ1) is 16.8. The Kier molecular flexibility index (Phi) is 6.91. The Labute approximate surface area is 209 Å². The quantitative estimate of drug-likeness (QED) is 0.631. The summed E-state index contributed by atoms with van der Waals surface area (Å²) < 4.78 is 8.15. The molecule has 2 N–H and O–H groups in total. The van der Waals surface area contributed by atoms with E-state index in [4.69, 9.17) is 9.72 Å². The highest BCUT2D eigenvalue weighted by Crippen LogP contribution is 2.42. The number of aryl methyl sites for hydroxylation is 1. The first-order valence-corrected chi connectivity index (χ1v) is 13.4. The summed E-state index contributed by atoms with van der Waals surface area (Å²) >= 11 is 0. The van der Waals surface area contributed by atoms with Crippen LogP contribution >= 0.6 is 0 Å². The summed E-state index contributed by atoms with van der Waals surface area (Å²) in [5.74, 6) is 1.18. The van der Waals surface area contributed by atoms with E-state index >= 15 is 0 Å². The SMILES string of the molecule is Cc1nc2c(n1C1CC3CCC(C1)N3CC[C@H](NC(=O)OC(C)(C)C)c1ccccc1)CCNC2. The fourth-order valence-corrected chi connectivity index (χ4v) is 6.51. The van der Waals surface area contributed by atoms with Gasteiger partial charge in [-0.15, -0.1) is 0 Å². The van der Waals surface area contributed by atoms with E-state index in [0.717, 1.165) is 38.0 Å². The zero-order valence-electron chi connectivity index (χ0n) is 21.7. The van der Waals surface area contributed by atoms with Gasteiger partial charge in [-0.25, -0.2) is 9.78 Å². The summed E-state index contributed by atoms with van der Waals surface area (Å²) in [6.07, 6.45) is 6.56. The number of rotatable bonds is 6. The van der Waals surface area contributed by atoms with E-state index < -0.39 is 5.60 Å². The van der Waals surface area contributed by atoms with E-state index in [1.807, 2.05) is 39.0 Å². The summed E-state index contributed by atoms with van der Waals surface area (Å²) in [7, 11) is 0. The lowest BCUT2D eigenvalue weighted by Crippen LogP contribution is -2.45. The molecule has 1 amide bonds. The van der Waals surface area contributed by atoms with Crippen LogP contribution in [0.25, 0.3) is 0 Å². The van der Waals surface area contributed by atoms with Gasteiger partial charge >= 0.3 is 6.09 Å². The summed E-state index contributed by atoms with van der Waals surface area (Å²) in [4.78, 5) is 20.2. The minimum Gasteiger partial charge on any atom is -0.444 e. The molecule has 3 aliphatic heterocycles. The van der Waals surface area contributed by atoms with E-state index in [-0.39, 0.29) is 12.1 Å². The zero-order valence-corrected chi connectivity index (χ0v) is 21.7. The standard InChI is InChI=1S/C28H41N5O2/c1-19-30-25-18-29-14-12-26(25)33(19)23-16-21-10-11-22(17-23)32(21)15-13-24(20-8-6-5-7-9-20)31-27(34)35-28(2,3)4/h5-9,21-24,29H,10-18H2,1-4H3,(H,31,34)/t21?,22?,23?,24-/m0/s1. The first-order valence-electron chi connectivity index (χ1n) is 13.4. The van der Waals surface area contributed by atoms with Crippen LogP contribution in [0, 0.1) is 6.92 Å². The summed E-state index contributed by atoms with van der Waals surface area (Å²) in [6.45, 7) is 10.8. The van der Waals surface area contributed by atoms with Gasteiger partial charge in [0.1, 0.15) is 11.4 Å². The molecule has 0 spiro atoms. The van der Waals surface area contributed by atoms with Gasteiger partial charge in [0, 0.05) is 49.9 Å². The molecule has 1 aromatic heterocycles. The van der Waals surface area contributed by atoms with Gasteiger partial charge in [-0.2, -0.15) is 0 Å². The van der Waals surface area contributed by atoms with Gasteiger partial charge in [0.05, 0.1) is 11.7 Å². The number of piperidine rings is 1. The smallest absolute Gasteiger partial charge is 0.408 e. The highest BCUT2D eigenvalue weighted by Gasteiger charge is 2.42. The van der Waals surface area contributed by atoms with E-state index in [1.165, 1.54) is 42.9 Å². The van der Waals surface area contributed by atoms with Crippen LogP contribution in [0.4, 0.5) is 4.79 Å². The molecular weight excluding hydrogens is 438 g/mol. The predicted molar refractivity (Wildman–Crippen MR) is 137 cm³/mol.